The number of hydrogen-bond acceptors (Lipinski definition) is 4. The molecule has 0 aliphatic rings. The number of hydrogen-bond donors (Lipinski definition) is 0. The molecule has 0 aliphatic heterocycles. The molecule has 1 aromatic rings. The minimum absolute atomic E-state index is 0.0281. The third-order valence-electron chi connectivity index (χ3n) is 1.92. The van der Waals surface area contributed by atoms with Gasteiger partial charge < -0.3 is 9.64 Å². The minimum atomic E-state index is -0.399. The standard InChI is InChI=1S/C11H14N2O3/c1-2-16-11(15)8-13(9-14)7-10-3-5-12-6-4-10/h3-6,9H,2,7-8H2,1H3. The fraction of sp³-hybridized carbons (Fsp3) is 0.364. The number of carbonyl (C=O) groups excluding carboxylic acids is 2. The van der Waals surface area contributed by atoms with E-state index in [2.05, 4.69) is 4.98 Å². The molecule has 1 aromatic heterocycles. The highest BCUT2D eigenvalue weighted by molar-refractivity contribution is 5.74. The van der Waals surface area contributed by atoms with Gasteiger partial charge in [-0.05, 0) is 24.6 Å². The van der Waals surface area contributed by atoms with Crippen LogP contribution in [-0.2, 0) is 20.9 Å². The molecule has 0 saturated carbocycles. The van der Waals surface area contributed by atoms with E-state index in [9.17, 15) is 9.59 Å². The summed E-state index contributed by atoms with van der Waals surface area (Å²) in [6.45, 7) is 2.40. The molecule has 5 nitrogen and oxygen atoms in total. The number of pyridine rings is 1. The maximum Gasteiger partial charge on any atom is 0.325 e. The number of esters is 1. The molecule has 0 fully saturated rings. The number of amides is 1. The maximum atomic E-state index is 11.2. The molecule has 0 N–H and O–H groups in total. The van der Waals surface area contributed by atoms with Gasteiger partial charge >= 0.3 is 5.97 Å². The Hall–Kier alpha value is -1.91. The molecule has 16 heavy (non-hydrogen) atoms. The van der Waals surface area contributed by atoms with Crippen LogP contribution in [0.1, 0.15) is 12.5 Å². The van der Waals surface area contributed by atoms with Gasteiger partial charge in [0.15, 0.2) is 0 Å². The first-order valence-electron chi connectivity index (χ1n) is 5.00. The van der Waals surface area contributed by atoms with E-state index in [1.165, 1.54) is 4.90 Å². The molecule has 1 amide bonds. The van der Waals surface area contributed by atoms with Crippen LogP contribution in [0.2, 0.25) is 0 Å². The third-order valence-corrected chi connectivity index (χ3v) is 1.92. The Labute approximate surface area is 94.0 Å². The average Bonchev–Trinajstić information content (AvgIpc) is 2.30. The number of aromatic nitrogens is 1. The van der Waals surface area contributed by atoms with Gasteiger partial charge in [-0.3, -0.25) is 14.6 Å². The van der Waals surface area contributed by atoms with Gasteiger partial charge in [-0.2, -0.15) is 0 Å². The molecule has 0 radical (unpaired) electrons. The highest BCUT2D eigenvalue weighted by atomic mass is 16.5. The van der Waals surface area contributed by atoms with Crippen LogP contribution in [0.5, 0.6) is 0 Å². The quantitative estimate of drug-likeness (QED) is 0.522. The SMILES string of the molecule is CCOC(=O)CN(C=O)Cc1ccncc1. The average molecular weight is 222 g/mol. The highest BCUT2D eigenvalue weighted by Crippen LogP contribution is 2.01. The first-order valence-corrected chi connectivity index (χ1v) is 5.00. The van der Waals surface area contributed by atoms with Crippen LogP contribution < -0.4 is 0 Å². The van der Waals surface area contributed by atoms with Crippen LogP contribution >= 0.6 is 0 Å². The van der Waals surface area contributed by atoms with E-state index in [1.807, 2.05) is 0 Å². The molecule has 0 aliphatic carbocycles. The third kappa shape index (κ3) is 4.08. The summed E-state index contributed by atoms with van der Waals surface area (Å²) >= 11 is 0. The lowest BCUT2D eigenvalue weighted by molar-refractivity contribution is -0.146. The lowest BCUT2D eigenvalue weighted by Gasteiger charge is -2.15. The van der Waals surface area contributed by atoms with Gasteiger partial charge in [0.1, 0.15) is 6.54 Å². The largest absolute Gasteiger partial charge is 0.465 e. The van der Waals surface area contributed by atoms with E-state index in [4.69, 9.17) is 4.74 Å². The first kappa shape index (κ1) is 12.2. The van der Waals surface area contributed by atoms with Crippen LogP contribution in [0.4, 0.5) is 0 Å². The lowest BCUT2D eigenvalue weighted by atomic mass is 10.2. The molecular formula is C11H14N2O3. The second-order valence-corrected chi connectivity index (χ2v) is 3.17. The van der Waals surface area contributed by atoms with Crippen molar-refractivity contribution in [1.29, 1.82) is 0 Å². The Morgan fingerprint density at radius 2 is 2.19 bits per heavy atom. The number of nitrogens with zero attached hydrogens (tertiary/aromatic N) is 2. The summed E-state index contributed by atoms with van der Waals surface area (Å²) in [5.74, 6) is -0.399. The topological polar surface area (TPSA) is 59.5 Å². The van der Waals surface area contributed by atoms with E-state index in [-0.39, 0.29) is 6.54 Å². The van der Waals surface area contributed by atoms with Crippen molar-refractivity contribution in [2.24, 2.45) is 0 Å². The van der Waals surface area contributed by atoms with Crippen molar-refractivity contribution in [2.75, 3.05) is 13.2 Å². The van der Waals surface area contributed by atoms with Gasteiger partial charge in [-0.25, -0.2) is 0 Å². The van der Waals surface area contributed by atoms with Crippen LogP contribution in [0, 0.1) is 0 Å². The molecule has 86 valence electrons. The molecule has 1 rings (SSSR count). The number of rotatable bonds is 6. The second kappa shape index (κ2) is 6.55. The van der Waals surface area contributed by atoms with Gasteiger partial charge in [-0.1, -0.05) is 0 Å². The zero-order valence-electron chi connectivity index (χ0n) is 9.13. The summed E-state index contributed by atoms with van der Waals surface area (Å²) in [5, 5.41) is 0. The van der Waals surface area contributed by atoms with Gasteiger partial charge in [0.05, 0.1) is 6.61 Å². The smallest absolute Gasteiger partial charge is 0.325 e. The van der Waals surface area contributed by atoms with Crippen LogP contribution in [0.3, 0.4) is 0 Å². The molecule has 1 heterocycles. The Morgan fingerprint density at radius 3 is 2.75 bits per heavy atom. The van der Waals surface area contributed by atoms with Gasteiger partial charge in [0.2, 0.25) is 6.41 Å². The summed E-state index contributed by atoms with van der Waals surface area (Å²) in [6, 6.07) is 3.59. The van der Waals surface area contributed by atoms with E-state index >= 15 is 0 Å². The van der Waals surface area contributed by atoms with Crippen molar-refractivity contribution in [2.45, 2.75) is 13.5 Å². The zero-order chi connectivity index (χ0) is 11.8. The van der Waals surface area contributed by atoms with Gasteiger partial charge in [-0.15, -0.1) is 0 Å². The van der Waals surface area contributed by atoms with Crippen molar-refractivity contribution >= 4 is 12.4 Å². The summed E-state index contributed by atoms with van der Waals surface area (Å²) < 4.78 is 4.76. The van der Waals surface area contributed by atoms with Crippen molar-refractivity contribution in [3.63, 3.8) is 0 Å². The van der Waals surface area contributed by atoms with Crippen LogP contribution in [0.15, 0.2) is 24.5 Å². The molecule has 0 unspecified atom stereocenters. The van der Waals surface area contributed by atoms with E-state index in [0.29, 0.717) is 19.6 Å². The Balaban J connectivity index is 2.49. The van der Waals surface area contributed by atoms with E-state index < -0.39 is 5.97 Å². The van der Waals surface area contributed by atoms with Gasteiger partial charge in [0.25, 0.3) is 0 Å². The second-order valence-electron chi connectivity index (χ2n) is 3.17. The first-order chi connectivity index (χ1) is 7.76. The molecule has 0 atom stereocenters. The predicted molar refractivity (Wildman–Crippen MR) is 57.3 cm³/mol. The molecule has 0 saturated heterocycles. The number of ether oxygens (including phenoxy) is 1. The van der Waals surface area contributed by atoms with Crippen molar-refractivity contribution < 1.29 is 14.3 Å². The summed E-state index contributed by atoms with van der Waals surface area (Å²) in [7, 11) is 0. The maximum absolute atomic E-state index is 11.2. The summed E-state index contributed by atoms with van der Waals surface area (Å²) in [4.78, 5) is 27.1. The van der Waals surface area contributed by atoms with Crippen molar-refractivity contribution in [1.82, 2.24) is 9.88 Å². The fourth-order valence-electron chi connectivity index (χ4n) is 1.23. The monoisotopic (exact) mass is 222 g/mol. The predicted octanol–water partition coefficient (Wildman–Crippen LogP) is 0.603. The lowest BCUT2D eigenvalue weighted by Crippen LogP contribution is -2.29. The van der Waals surface area contributed by atoms with Crippen LogP contribution in [0.25, 0.3) is 0 Å². The molecule has 0 aromatic carbocycles. The van der Waals surface area contributed by atoms with Gasteiger partial charge in [0, 0.05) is 18.9 Å². The molecule has 0 spiro atoms. The van der Waals surface area contributed by atoms with E-state index in [1.54, 1.807) is 31.5 Å². The molecule has 0 bridgehead atoms. The van der Waals surface area contributed by atoms with Crippen molar-refractivity contribution in [3.05, 3.63) is 30.1 Å². The minimum Gasteiger partial charge on any atom is -0.465 e. The van der Waals surface area contributed by atoms with E-state index in [0.717, 1.165) is 5.56 Å². The Bertz CT molecular complexity index is 340. The number of carbonyl (C=O) groups is 2. The Kier molecular flexibility index (Phi) is 4.98. The van der Waals surface area contributed by atoms with Crippen LogP contribution in [-0.4, -0.2) is 35.4 Å². The normalized spacial score (nSPS) is 9.56. The summed E-state index contributed by atoms with van der Waals surface area (Å²) in [6.07, 6.45) is 3.92. The Morgan fingerprint density at radius 1 is 1.50 bits per heavy atom. The summed E-state index contributed by atoms with van der Waals surface area (Å²) in [5.41, 5.74) is 0.923. The van der Waals surface area contributed by atoms with Crippen molar-refractivity contribution in [3.8, 4) is 0 Å². The highest BCUT2D eigenvalue weighted by Gasteiger charge is 2.09. The fourth-order valence-corrected chi connectivity index (χ4v) is 1.23. The molecule has 5 heteroatoms. The molecular weight excluding hydrogens is 208 g/mol. The zero-order valence-corrected chi connectivity index (χ0v) is 9.13.